The van der Waals surface area contributed by atoms with Gasteiger partial charge in [-0.15, -0.1) is 0 Å². The summed E-state index contributed by atoms with van der Waals surface area (Å²) >= 11 is 0. The van der Waals surface area contributed by atoms with Gasteiger partial charge in [0.05, 0.1) is 23.1 Å². The number of hydrogen-bond donors (Lipinski definition) is 0. The maximum absolute atomic E-state index is 13.5. The highest BCUT2D eigenvalue weighted by Gasteiger charge is 2.14. The number of hydrogen-bond acceptors (Lipinski definition) is 3. The molecule has 3 nitrogen and oxygen atoms in total. The summed E-state index contributed by atoms with van der Waals surface area (Å²) in [7, 11) is -3.27. The summed E-state index contributed by atoms with van der Waals surface area (Å²) in [6.07, 6.45) is 2.41. The Morgan fingerprint density at radius 1 is 1.33 bits per heavy atom. The molecular weight excluding hydrogens is 253 g/mol. The fraction of sp³-hybridized carbons (Fsp3) is 0.462. The molecule has 0 bridgehead atoms. The Hall–Kier alpha value is -1.41. The molecule has 0 atom stereocenters. The van der Waals surface area contributed by atoms with Crippen LogP contribution in [0.15, 0.2) is 18.2 Å². The Bertz CT molecular complexity index is 547. The highest BCUT2D eigenvalue weighted by molar-refractivity contribution is 7.90. The molecule has 0 radical (unpaired) electrons. The van der Waals surface area contributed by atoms with Crippen molar-refractivity contribution in [1.29, 1.82) is 5.26 Å². The van der Waals surface area contributed by atoms with Gasteiger partial charge in [0, 0.05) is 5.56 Å². The minimum Gasteiger partial charge on any atom is -0.228 e. The monoisotopic (exact) mass is 269 g/mol. The van der Waals surface area contributed by atoms with Gasteiger partial charge >= 0.3 is 0 Å². The first-order chi connectivity index (χ1) is 8.48. The molecule has 0 aliphatic carbocycles. The number of halogens is 1. The van der Waals surface area contributed by atoms with Crippen molar-refractivity contribution in [2.24, 2.45) is 0 Å². The molecule has 98 valence electrons. The maximum atomic E-state index is 13.5. The van der Waals surface area contributed by atoms with E-state index in [2.05, 4.69) is 0 Å². The molecule has 5 heteroatoms. The van der Waals surface area contributed by atoms with E-state index >= 15 is 0 Å². The fourth-order valence-electron chi connectivity index (χ4n) is 1.61. The standard InChI is InChI=1S/C13H16FNO2S/c1-2-3-4-7-18(16,17)10-12-6-5-11(9-15)8-13(12)14/h5-6,8H,2-4,7,10H2,1H3. The molecule has 0 unspecified atom stereocenters. The number of nitriles is 1. The molecule has 0 amide bonds. The van der Waals surface area contributed by atoms with Crippen molar-refractivity contribution in [3.05, 3.63) is 35.1 Å². The first-order valence-electron chi connectivity index (χ1n) is 5.87. The predicted molar refractivity (Wildman–Crippen MR) is 68.1 cm³/mol. The number of benzene rings is 1. The number of sulfone groups is 1. The summed E-state index contributed by atoms with van der Waals surface area (Å²) in [4.78, 5) is 0. The Balaban J connectivity index is 2.75. The highest BCUT2D eigenvalue weighted by Crippen LogP contribution is 2.14. The first-order valence-corrected chi connectivity index (χ1v) is 7.69. The third-order valence-electron chi connectivity index (χ3n) is 2.62. The van der Waals surface area contributed by atoms with Crippen molar-refractivity contribution >= 4 is 9.84 Å². The van der Waals surface area contributed by atoms with E-state index in [1.54, 1.807) is 0 Å². The van der Waals surface area contributed by atoms with Gasteiger partial charge in [-0.2, -0.15) is 5.26 Å². The number of unbranched alkanes of at least 4 members (excludes halogenated alkanes) is 2. The summed E-state index contributed by atoms with van der Waals surface area (Å²) < 4.78 is 37.0. The topological polar surface area (TPSA) is 57.9 Å². The third kappa shape index (κ3) is 4.46. The van der Waals surface area contributed by atoms with Crippen molar-refractivity contribution in [1.82, 2.24) is 0 Å². The van der Waals surface area contributed by atoms with Gasteiger partial charge in [0.25, 0.3) is 0 Å². The van der Waals surface area contributed by atoms with Crippen LogP contribution >= 0.6 is 0 Å². The summed E-state index contributed by atoms with van der Waals surface area (Å²) in [6.45, 7) is 1.99. The Morgan fingerprint density at radius 2 is 2.06 bits per heavy atom. The lowest BCUT2D eigenvalue weighted by Gasteiger charge is -2.05. The lowest BCUT2D eigenvalue weighted by Crippen LogP contribution is -2.10. The minimum atomic E-state index is -3.27. The van der Waals surface area contributed by atoms with Gasteiger partial charge in [0.15, 0.2) is 9.84 Å². The van der Waals surface area contributed by atoms with E-state index in [9.17, 15) is 12.8 Å². The zero-order chi connectivity index (χ0) is 13.6. The Morgan fingerprint density at radius 3 is 2.61 bits per heavy atom. The van der Waals surface area contributed by atoms with Gasteiger partial charge in [-0.3, -0.25) is 0 Å². The normalized spacial score (nSPS) is 11.2. The quantitative estimate of drug-likeness (QED) is 0.746. The smallest absolute Gasteiger partial charge is 0.154 e. The van der Waals surface area contributed by atoms with Crippen LogP contribution in [-0.4, -0.2) is 14.2 Å². The van der Waals surface area contributed by atoms with Crippen LogP contribution in [-0.2, 0) is 15.6 Å². The molecule has 0 heterocycles. The van der Waals surface area contributed by atoms with Crippen LogP contribution in [0.4, 0.5) is 4.39 Å². The van der Waals surface area contributed by atoms with Gasteiger partial charge in [-0.05, 0) is 18.6 Å². The van der Waals surface area contributed by atoms with Crippen LogP contribution in [0.1, 0.15) is 37.3 Å². The molecule has 0 saturated heterocycles. The molecular formula is C13H16FNO2S. The second kappa shape index (κ2) is 6.50. The van der Waals surface area contributed by atoms with Crippen LogP contribution in [0.25, 0.3) is 0 Å². The molecule has 0 spiro atoms. The van der Waals surface area contributed by atoms with E-state index in [0.29, 0.717) is 6.42 Å². The largest absolute Gasteiger partial charge is 0.228 e. The molecule has 0 aliphatic heterocycles. The van der Waals surface area contributed by atoms with Gasteiger partial charge in [-0.25, -0.2) is 12.8 Å². The third-order valence-corrected chi connectivity index (χ3v) is 4.28. The zero-order valence-corrected chi connectivity index (χ0v) is 11.1. The van der Waals surface area contributed by atoms with Crippen molar-refractivity contribution < 1.29 is 12.8 Å². The highest BCUT2D eigenvalue weighted by atomic mass is 32.2. The number of nitrogens with zero attached hydrogens (tertiary/aromatic N) is 1. The second-order valence-electron chi connectivity index (χ2n) is 4.22. The van der Waals surface area contributed by atoms with Crippen molar-refractivity contribution in [3.63, 3.8) is 0 Å². The molecule has 0 N–H and O–H groups in total. The molecule has 0 aliphatic rings. The summed E-state index contributed by atoms with van der Waals surface area (Å²) in [6, 6.07) is 5.67. The minimum absolute atomic E-state index is 0.0836. The average molecular weight is 269 g/mol. The van der Waals surface area contributed by atoms with Gasteiger partial charge in [0.1, 0.15) is 5.82 Å². The van der Waals surface area contributed by atoms with Gasteiger partial charge in [0.2, 0.25) is 0 Å². The summed E-state index contributed by atoms with van der Waals surface area (Å²) in [5.41, 5.74) is 0.324. The average Bonchev–Trinajstić information content (AvgIpc) is 2.31. The van der Waals surface area contributed by atoms with Crippen LogP contribution in [0.5, 0.6) is 0 Å². The van der Waals surface area contributed by atoms with Crippen molar-refractivity contribution in [3.8, 4) is 6.07 Å². The van der Waals surface area contributed by atoms with Crippen LogP contribution < -0.4 is 0 Å². The van der Waals surface area contributed by atoms with Gasteiger partial charge < -0.3 is 0 Å². The van der Waals surface area contributed by atoms with Crippen molar-refractivity contribution in [2.75, 3.05) is 5.75 Å². The van der Waals surface area contributed by atoms with E-state index in [1.807, 2.05) is 13.0 Å². The van der Waals surface area contributed by atoms with E-state index in [0.717, 1.165) is 18.9 Å². The lowest BCUT2D eigenvalue weighted by atomic mass is 10.1. The summed E-state index contributed by atoms with van der Waals surface area (Å²) in [5, 5.41) is 8.59. The van der Waals surface area contributed by atoms with Crippen LogP contribution in [0.3, 0.4) is 0 Å². The van der Waals surface area contributed by atoms with E-state index in [-0.39, 0.29) is 22.6 Å². The molecule has 1 aromatic rings. The predicted octanol–water partition coefficient (Wildman–Crippen LogP) is 2.80. The lowest BCUT2D eigenvalue weighted by molar-refractivity contribution is 0.583. The van der Waals surface area contributed by atoms with Gasteiger partial charge in [-0.1, -0.05) is 25.8 Å². The Kier molecular flexibility index (Phi) is 5.29. The van der Waals surface area contributed by atoms with E-state index in [1.165, 1.54) is 12.1 Å². The molecule has 0 saturated carbocycles. The zero-order valence-electron chi connectivity index (χ0n) is 10.3. The molecule has 0 fully saturated rings. The fourth-order valence-corrected chi connectivity index (χ4v) is 3.11. The summed E-state index contributed by atoms with van der Waals surface area (Å²) in [5.74, 6) is -0.845. The molecule has 0 aromatic heterocycles. The molecule has 1 rings (SSSR count). The van der Waals surface area contributed by atoms with Crippen LogP contribution in [0.2, 0.25) is 0 Å². The Labute approximate surface area is 107 Å². The molecule has 1 aromatic carbocycles. The van der Waals surface area contributed by atoms with E-state index < -0.39 is 15.7 Å². The van der Waals surface area contributed by atoms with Crippen molar-refractivity contribution in [2.45, 2.75) is 31.9 Å². The van der Waals surface area contributed by atoms with Crippen LogP contribution in [0, 0.1) is 17.1 Å². The SMILES string of the molecule is CCCCCS(=O)(=O)Cc1ccc(C#N)cc1F. The second-order valence-corrected chi connectivity index (χ2v) is 6.40. The number of rotatable bonds is 6. The first kappa shape index (κ1) is 14.7. The molecule has 18 heavy (non-hydrogen) atoms. The van der Waals surface area contributed by atoms with E-state index in [4.69, 9.17) is 5.26 Å². The maximum Gasteiger partial charge on any atom is 0.154 e.